The minimum atomic E-state index is 0.810. The quantitative estimate of drug-likeness (QED) is 0.198. The average Bonchev–Trinajstić information content (AvgIpc) is 3.64. The van der Waals surface area contributed by atoms with Crippen molar-refractivity contribution < 1.29 is 9.53 Å². The summed E-state index contributed by atoms with van der Waals surface area (Å²) in [6.45, 7) is 0. The van der Waals surface area contributed by atoms with Gasteiger partial charge in [-0.1, -0.05) is 24.3 Å². The molecule has 6 aromatic rings. The van der Waals surface area contributed by atoms with Crippen LogP contribution in [-0.2, 0) is 12.8 Å². The topological polar surface area (TPSA) is 26.3 Å². The molecule has 6 rings (SSSR count). The van der Waals surface area contributed by atoms with Gasteiger partial charge in [-0.25, -0.2) is 0 Å². The number of aldehydes is 1. The molecule has 4 aromatic heterocycles. The highest BCUT2D eigenvalue weighted by molar-refractivity contribution is 7.19. The summed E-state index contributed by atoms with van der Waals surface area (Å²) >= 11 is 7.09. The molecule has 0 fully saturated rings. The van der Waals surface area contributed by atoms with E-state index in [2.05, 4.69) is 53.9 Å². The molecule has 0 aliphatic carbocycles. The predicted molar refractivity (Wildman–Crippen MR) is 149 cm³/mol. The molecule has 34 heavy (non-hydrogen) atoms. The second-order valence-electron chi connectivity index (χ2n) is 8.11. The van der Waals surface area contributed by atoms with Gasteiger partial charge in [0.25, 0.3) is 0 Å². The van der Waals surface area contributed by atoms with Crippen molar-refractivity contribution in [2.45, 2.75) is 12.8 Å². The zero-order chi connectivity index (χ0) is 23.1. The SMILES string of the molecule is COc1ccsc1Cc1cc2ccc(-c3ccc4cc(Cc5sccc5C=O)sc4c3)cc2s1. The average molecular weight is 517 g/mol. The van der Waals surface area contributed by atoms with Crippen LogP contribution in [0.25, 0.3) is 31.3 Å². The van der Waals surface area contributed by atoms with Crippen LogP contribution >= 0.6 is 45.3 Å². The summed E-state index contributed by atoms with van der Waals surface area (Å²) in [5.41, 5.74) is 3.29. The Labute approximate surface area is 213 Å². The van der Waals surface area contributed by atoms with Crippen molar-refractivity contribution in [1.82, 2.24) is 0 Å². The van der Waals surface area contributed by atoms with Crippen LogP contribution in [0.5, 0.6) is 5.75 Å². The number of carbonyl (C=O) groups excluding carboxylic acids is 1. The van der Waals surface area contributed by atoms with Crippen molar-refractivity contribution in [3.63, 3.8) is 0 Å². The highest BCUT2D eigenvalue weighted by Crippen LogP contribution is 2.36. The fourth-order valence-electron chi connectivity index (χ4n) is 4.26. The van der Waals surface area contributed by atoms with Crippen molar-refractivity contribution in [1.29, 1.82) is 0 Å². The molecule has 0 radical (unpaired) electrons. The van der Waals surface area contributed by atoms with Crippen LogP contribution < -0.4 is 4.74 Å². The van der Waals surface area contributed by atoms with Gasteiger partial charge in [-0.2, -0.15) is 0 Å². The number of rotatable bonds is 7. The van der Waals surface area contributed by atoms with Crippen LogP contribution in [0.15, 0.2) is 71.4 Å². The fourth-order valence-corrected chi connectivity index (χ4v) is 8.41. The molecule has 2 aromatic carbocycles. The normalized spacial score (nSPS) is 11.4. The third-order valence-corrected chi connectivity index (χ3v) is 10.0. The Bertz CT molecular complexity index is 1630. The lowest BCUT2D eigenvalue weighted by molar-refractivity contribution is 0.112. The zero-order valence-corrected chi connectivity index (χ0v) is 21.6. The summed E-state index contributed by atoms with van der Waals surface area (Å²) in [7, 11) is 1.74. The van der Waals surface area contributed by atoms with Crippen molar-refractivity contribution in [2.24, 2.45) is 0 Å². The second-order valence-corrected chi connectivity index (χ2v) is 12.5. The van der Waals surface area contributed by atoms with Crippen molar-refractivity contribution in [2.75, 3.05) is 7.11 Å². The third-order valence-electron chi connectivity index (χ3n) is 5.98. The zero-order valence-electron chi connectivity index (χ0n) is 18.4. The Morgan fingerprint density at radius 3 is 1.94 bits per heavy atom. The van der Waals surface area contributed by atoms with Crippen LogP contribution in [0.4, 0.5) is 0 Å². The Morgan fingerprint density at radius 1 is 0.735 bits per heavy atom. The van der Waals surface area contributed by atoms with E-state index >= 15 is 0 Å². The molecule has 0 atom stereocenters. The molecule has 0 N–H and O–H groups in total. The molecule has 0 unspecified atom stereocenters. The maximum Gasteiger partial charge on any atom is 0.151 e. The van der Waals surface area contributed by atoms with Gasteiger partial charge in [0.1, 0.15) is 5.75 Å². The molecular weight excluding hydrogens is 497 g/mol. The molecule has 0 saturated heterocycles. The fraction of sp³-hybridized carbons (Fsp3) is 0.107. The first-order chi connectivity index (χ1) is 16.7. The van der Waals surface area contributed by atoms with Gasteiger partial charge < -0.3 is 4.74 Å². The number of ether oxygens (including phenoxy) is 1. The van der Waals surface area contributed by atoms with E-state index < -0.39 is 0 Å². The maximum absolute atomic E-state index is 11.3. The summed E-state index contributed by atoms with van der Waals surface area (Å²) in [4.78, 5) is 16.3. The van der Waals surface area contributed by atoms with Gasteiger partial charge in [-0.05, 0) is 69.1 Å². The molecule has 0 saturated carbocycles. The van der Waals surface area contributed by atoms with Gasteiger partial charge in [0.15, 0.2) is 6.29 Å². The Morgan fingerprint density at radius 2 is 1.32 bits per heavy atom. The lowest BCUT2D eigenvalue weighted by Gasteiger charge is -2.02. The van der Waals surface area contributed by atoms with Crippen LogP contribution in [-0.4, -0.2) is 13.4 Å². The van der Waals surface area contributed by atoms with Crippen LogP contribution in [0.3, 0.4) is 0 Å². The van der Waals surface area contributed by atoms with Crippen molar-refractivity contribution >= 4 is 71.8 Å². The standard InChI is InChI=1S/C28H20O2S4/c1-30-24-7-9-32-28(24)15-23-11-20-5-3-18(13-27(20)34-23)17-2-4-19-10-22(33-26(19)12-17)14-25-21(16-29)6-8-31-25/h2-13,16H,14-15H2,1H3. The van der Waals surface area contributed by atoms with E-state index in [1.54, 1.807) is 29.8 Å². The molecule has 0 spiro atoms. The van der Waals surface area contributed by atoms with E-state index in [4.69, 9.17) is 4.74 Å². The number of hydrogen-bond acceptors (Lipinski definition) is 6. The first-order valence-electron chi connectivity index (χ1n) is 10.9. The first-order valence-corrected chi connectivity index (χ1v) is 14.3. The Hall–Kier alpha value is -2.77. The van der Waals surface area contributed by atoms with Crippen molar-refractivity contribution in [3.05, 3.63) is 96.5 Å². The summed E-state index contributed by atoms with van der Waals surface area (Å²) < 4.78 is 8.09. The largest absolute Gasteiger partial charge is 0.496 e. The van der Waals surface area contributed by atoms with Gasteiger partial charge in [-0.3, -0.25) is 4.79 Å². The Balaban J connectivity index is 1.28. The molecule has 4 heterocycles. The minimum absolute atomic E-state index is 0.810. The monoisotopic (exact) mass is 516 g/mol. The van der Waals surface area contributed by atoms with E-state index in [0.29, 0.717) is 0 Å². The number of methoxy groups -OCH3 is 1. The van der Waals surface area contributed by atoms with Crippen LogP contribution in [0.2, 0.25) is 0 Å². The molecule has 0 amide bonds. The summed E-state index contributed by atoms with van der Waals surface area (Å²) in [5, 5.41) is 6.64. The van der Waals surface area contributed by atoms with Gasteiger partial charge in [0.05, 0.1) is 12.0 Å². The smallest absolute Gasteiger partial charge is 0.151 e. The summed E-state index contributed by atoms with van der Waals surface area (Å²) in [6.07, 6.45) is 2.69. The molecule has 6 heteroatoms. The van der Waals surface area contributed by atoms with E-state index in [1.807, 2.05) is 40.2 Å². The predicted octanol–water partition coefficient (Wildman–Crippen LogP) is 8.91. The van der Waals surface area contributed by atoms with Crippen molar-refractivity contribution in [3.8, 4) is 16.9 Å². The van der Waals surface area contributed by atoms with Gasteiger partial charge in [-0.15, -0.1) is 45.3 Å². The number of benzene rings is 2. The lowest BCUT2D eigenvalue weighted by atomic mass is 10.0. The number of fused-ring (bicyclic) bond motifs is 2. The molecule has 168 valence electrons. The second kappa shape index (κ2) is 9.12. The lowest BCUT2D eigenvalue weighted by Crippen LogP contribution is -1.86. The van der Waals surface area contributed by atoms with E-state index in [0.717, 1.165) is 35.3 Å². The molecule has 2 nitrogen and oxygen atoms in total. The van der Waals surface area contributed by atoms with Crippen LogP contribution in [0.1, 0.15) is 29.9 Å². The molecular formula is C28H20O2S4. The minimum Gasteiger partial charge on any atom is -0.496 e. The van der Waals surface area contributed by atoms with Gasteiger partial charge in [0, 0.05) is 42.4 Å². The molecule has 0 aliphatic rings. The Kier molecular flexibility index (Phi) is 5.83. The summed E-state index contributed by atoms with van der Waals surface area (Å²) in [6, 6.07) is 22.0. The highest BCUT2D eigenvalue weighted by Gasteiger charge is 2.11. The van der Waals surface area contributed by atoms with Gasteiger partial charge >= 0.3 is 0 Å². The number of hydrogen-bond donors (Lipinski definition) is 0. The molecule has 0 aliphatic heterocycles. The molecule has 0 bridgehead atoms. The summed E-state index contributed by atoms with van der Waals surface area (Å²) in [5.74, 6) is 0.980. The van der Waals surface area contributed by atoms with Gasteiger partial charge in [0.2, 0.25) is 0 Å². The van der Waals surface area contributed by atoms with E-state index in [9.17, 15) is 4.79 Å². The highest BCUT2D eigenvalue weighted by atomic mass is 32.1. The van der Waals surface area contributed by atoms with Crippen LogP contribution in [0, 0.1) is 0 Å². The maximum atomic E-state index is 11.3. The first kappa shape index (κ1) is 21.7. The van der Waals surface area contributed by atoms with E-state index in [1.165, 1.54) is 45.9 Å². The number of carbonyl (C=O) groups is 1. The number of thiophene rings is 4. The van der Waals surface area contributed by atoms with E-state index in [-0.39, 0.29) is 0 Å². The third kappa shape index (κ3) is 4.12.